The number of carbonyl (C=O) groups is 2. The van der Waals surface area contributed by atoms with Crippen LogP contribution in [0.25, 0.3) is 0 Å². The average molecular weight is 440 g/mol. The van der Waals surface area contributed by atoms with E-state index < -0.39 is 5.97 Å². The number of carboxylic acid groups (broad SMARTS) is 1. The van der Waals surface area contributed by atoms with Crippen LogP contribution in [0.4, 0.5) is 4.79 Å². The summed E-state index contributed by atoms with van der Waals surface area (Å²) in [5.74, 6) is -0.599. The first kappa shape index (κ1) is 23.6. The number of ether oxygens (including phenoxy) is 1. The Bertz CT molecular complexity index is 619. The first-order valence-electron chi connectivity index (χ1n) is 11.3. The van der Waals surface area contributed by atoms with Crippen molar-refractivity contribution in [2.24, 2.45) is 5.73 Å². The Morgan fingerprint density at radius 3 is 2.19 bits per heavy atom. The number of aliphatic carboxylic acids is 1. The van der Waals surface area contributed by atoms with Crippen molar-refractivity contribution < 1.29 is 19.4 Å². The Balaban J connectivity index is 1.26. The molecule has 0 aromatic rings. The summed E-state index contributed by atoms with van der Waals surface area (Å²) < 4.78 is 5.57. The number of carboxylic acids is 1. The van der Waals surface area contributed by atoms with Gasteiger partial charge < -0.3 is 30.3 Å². The molecule has 1 amide bonds. The van der Waals surface area contributed by atoms with Crippen molar-refractivity contribution in [2.75, 3.05) is 85.1 Å². The van der Waals surface area contributed by atoms with Gasteiger partial charge in [0.15, 0.2) is 5.96 Å². The van der Waals surface area contributed by atoms with E-state index in [-0.39, 0.29) is 24.6 Å². The number of hydrogen-bond acceptors (Lipinski definition) is 7. The summed E-state index contributed by atoms with van der Waals surface area (Å²) in [6.07, 6.45) is 1.88. The normalized spacial score (nSPS) is 23.9. The smallest absolute Gasteiger partial charge is 0.410 e. The number of rotatable bonds is 10. The maximum Gasteiger partial charge on any atom is 0.410 e. The molecule has 176 valence electrons. The monoisotopic (exact) mass is 439 g/mol. The summed E-state index contributed by atoms with van der Waals surface area (Å²) in [5.41, 5.74) is 5.53. The Hall–Kier alpha value is -2.11. The fourth-order valence-corrected chi connectivity index (χ4v) is 4.44. The minimum absolute atomic E-state index is 0.0854. The lowest BCUT2D eigenvalue weighted by molar-refractivity contribution is -0.137. The van der Waals surface area contributed by atoms with E-state index in [1.165, 1.54) is 0 Å². The maximum atomic E-state index is 12.2. The maximum absolute atomic E-state index is 12.2. The van der Waals surface area contributed by atoms with Crippen LogP contribution in [0.2, 0.25) is 0 Å². The second-order valence-electron chi connectivity index (χ2n) is 8.66. The molecule has 1 atom stereocenters. The zero-order chi connectivity index (χ0) is 22.2. The van der Waals surface area contributed by atoms with Gasteiger partial charge >= 0.3 is 12.1 Å². The zero-order valence-corrected chi connectivity index (χ0v) is 18.4. The highest BCUT2D eigenvalue weighted by Crippen LogP contribution is 2.15. The predicted molar refractivity (Wildman–Crippen MR) is 116 cm³/mol. The molecule has 3 aliphatic heterocycles. The predicted octanol–water partition coefficient (Wildman–Crippen LogP) is -0.809. The van der Waals surface area contributed by atoms with Gasteiger partial charge in [-0.2, -0.15) is 0 Å². The number of amides is 1. The van der Waals surface area contributed by atoms with Gasteiger partial charge in [-0.15, -0.1) is 0 Å². The first-order valence-corrected chi connectivity index (χ1v) is 11.3. The number of piperazine rings is 2. The molecule has 0 bridgehead atoms. The van der Waals surface area contributed by atoms with E-state index >= 15 is 0 Å². The Morgan fingerprint density at radius 1 is 0.968 bits per heavy atom. The molecule has 3 fully saturated rings. The zero-order valence-electron chi connectivity index (χ0n) is 18.4. The van der Waals surface area contributed by atoms with Crippen LogP contribution in [0, 0.1) is 5.41 Å². The number of nitrogens with zero attached hydrogens (tertiary/aromatic N) is 5. The molecule has 3 heterocycles. The van der Waals surface area contributed by atoms with Gasteiger partial charge in [0.1, 0.15) is 6.10 Å². The lowest BCUT2D eigenvalue weighted by Crippen LogP contribution is -2.50. The summed E-state index contributed by atoms with van der Waals surface area (Å²) >= 11 is 0. The van der Waals surface area contributed by atoms with E-state index in [0.29, 0.717) is 13.1 Å². The van der Waals surface area contributed by atoms with Crippen molar-refractivity contribution in [3.63, 3.8) is 0 Å². The number of carbonyl (C=O) groups excluding carboxylic acids is 1. The third-order valence-electron chi connectivity index (χ3n) is 6.38. The summed E-state index contributed by atoms with van der Waals surface area (Å²) in [6.45, 7) is 10.7. The second kappa shape index (κ2) is 11.5. The van der Waals surface area contributed by atoms with E-state index in [4.69, 9.17) is 21.0 Å². The van der Waals surface area contributed by atoms with Crippen molar-refractivity contribution in [3.05, 3.63) is 0 Å². The highest BCUT2D eigenvalue weighted by Gasteiger charge is 2.32. The molecule has 0 saturated carbocycles. The van der Waals surface area contributed by atoms with E-state index in [2.05, 4.69) is 14.7 Å². The molecule has 0 spiro atoms. The lowest BCUT2D eigenvalue weighted by Gasteiger charge is -2.35. The Morgan fingerprint density at radius 2 is 1.55 bits per heavy atom. The fourth-order valence-electron chi connectivity index (χ4n) is 4.44. The molecular formula is C20H37N7O4. The third-order valence-corrected chi connectivity index (χ3v) is 6.38. The third kappa shape index (κ3) is 7.51. The van der Waals surface area contributed by atoms with Crippen LogP contribution in [-0.4, -0.2) is 139 Å². The fraction of sp³-hybridized carbons (Fsp3) is 0.850. The molecule has 4 N–H and O–H groups in total. The van der Waals surface area contributed by atoms with Gasteiger partial charge in [-0.3, -0.25) is 20.0 Å². The molecule has 3 rings (SSSR count). The van der Waals surface area contributed by atoms with Crippen molar-refractivity contribution in [2.45, 2.75) is 25.4 Å². The van der Waals surface area contributed by atoms with Crippen molar-refractivity contribution in [1.82, 2.24) is 24.5 Å². The quantitative estimate of drug-likeness (QED) is 0.227. The minimum Gasteiger partial charge on any atom is -0.481 e. The van der Waals surface area contributed by atoms with Gasteiger partial charge in [-0.05, 0) is 19.4 Å². The molecule has 0 aliphatic carbocycles. The van der Waals surface area contributed by atoms with Crippen LogP contribution in [0.5, 0.6) is 0 Å². The number of cyclic esters (lactones) is 1. The van der Waals surface area contributed by atoms with Gasteiger partial charge in [0.05, 0.1) is 13.0 Å². The minimum atomic E-state index is -0.754. The van der Waals surface area contributed by atoms with Crippen LogP contribution >= 0.6 is 0 Å². The SMILES string of the molecule is N=C(N)N1CCN(CCCCN2CC(CN3CCN(CCC(=O)O)CC3)OC2=O)CC1. The van der Waals surface area contributed by atoms with Gasteiger partial charge in [0, 0.05) is 72.0 Å². The molecule has 31 heavy (non-hydrogen) atoms. The van der Waals surface area contributed by atoms with E-state index in [1.54, 1.807) is 0 Å². The van der Waals surface area contributed by atoms with E-state index in [1.807, 2.05) is 9.80 Å². The molecule has 11 nitrogen and oxygen atoms in total. The second-order valence-corrected chi connectivity index (χ2v) is 8.66. The van der Waals surface area contributed by atoms with Crippen LogP contribution in [0.3, 0.4) is 0 Å². The largest absolute Gasteiger partial charge is 0.481 e. The van der Waals surface area contributed by atoms with Crippen LogP contribution in [0.15, 0.2) is 0 Å². The van der Waals surface area contributed by atoms with E-state index in [0.717, 1.165) is 84.8 Å². The molecule has 0 radical (unpaired) electrons. The number of nitrogens with one attached hydrogen (secondary N) is 1. The Kier molecular flexibility index (Phi) is 8.73. The molecule has 1 unspecified atom stereocenters. The van der Waals surface area contributed by atoms with Crippen LogP contribution < -0.4 is 5.73 Å². The number of unbranched alkanes of at least 4 members (excludes halogenated alkanes) is 1. The molecule has 11 heteroatoms. The van der Waals surface area contributed by atoms with Crippen molar-refractivity contribution in [1.29, 1.82) is 5.41 Å². The highest BCUT2D eigenvalue weighted by molar-refractivity contribution is 5.74. The van der Waals surface area contributed by atoms with Gasteiger partial charge in [-0.1, -0.05) is 0 Å². The standard InChI is InChI=1S/C20H37N7O4/c21-19(22)26-13-11-23(12-14-26)4-1-2-5-27-16-17(31-20(27)30)15-25-9-7-24(8-10-25)6-3-18(28)29/h17H,1-16H2,(H3,21,22)(H,28,29). The molecule has 0 aromatic carbocycles. The molecule has 3 aliphatic rings. The first-order chi connectivity index (χ1) is 14.9. The summed E-state index contributed by atoms with van der Waals surface area (Å²) in [7, 11) is 0. The van der Waals surface area contributed by atoms with Crippen LogP contribution in [-0.2, 0) is 9.53 Å². The van der Waals surface area contributed by atoms with E-state index in [9.17, 15) is 9.59 Å². The number of guanidine groups is 1. The lowest BCUT2D eigenvalue weighted by atomic mass is 10.2. The topological polar surface area (TPSA) is 130 Å². The summed E-state index contributed by atoms with van der Waals surface area (Å²) in [6, 6.07) is 0. The molecular weight excluding hydrogens is 402 g/mol. The molecule has 0 aromatic heterocycles. The van der Waals surface area contributed by atoms with Gasteiger partial charge in [0.2, 0.25) is 0 Å². The summed E-state index contributed by atoms with van der Waals surface area (Å²) in [4.78, 5) is 33.5. The molecule has 3 saturated heterocycles. The summed E-state index contributed by atoms with van der Waals surface area (Å²) in [5, 5.41) is 16.3. The Labute approximate surface area is 184 Å². The number of nitrogens with two attached hydrogens (primary N) is 1. The van der Waals surface area contributed by atoms with Crippen molar-refractivity contribution in [3.8, 4) is 0 Å². The highest BCUT2D eigenvalue weighted by atomic mass is 16.6. The average Bonchev–Trinajstić information content (AvgIpc) is 3.09. The van der Waals surface area contributed by atoms with Gasteiger partial charge in [0.25, 0.3) is 0 Å². The van der Waals surface area contributed by atoms with Crippen molar-refractivity contribution >= 4 is 18.0 Å². The van der Waals surface area contributed by atoms with Gasteiger partial charge in [-0.25, -0.2) is 4.79 Å². The number of hydrogen-bond donors (Lipinski definition) is 3. The van der Waals surface area contributed by atoms with Crippen LogP contribution in [0.1, 0.15) is 19.3 Å².